The monoisotopic (exact) mass is 309 g/mol. The van der Waals surface area contributed by atoms with Gasteiger partial charge in [-0.3, -0.25) is 4.90 Å². The summed E-state index contributed by atoms with van der Waals surface area (Å²) in [6, 6.07) is 7.29. The maximum Gasteiger partial charge on any atom is 0.0564 e. The van der Waals surface area contributed by atoms with Gasteiger partial charge in [-0.2, -0.15) is 0 Å². The first-order chi connectivity index (χ1) is 8.74. The molecule has 1 aliphatic carbocycles. The third-order valence-corrected chi connectivity index (χ3v) is 4.82. The molecule has 1 fully saturated rings. The van der Waals surface area contributed by atoms with Crippen LogP contribution in [-0.2, 0) is 6.42 Å². The molecule has 1 aliphatic heterocycles. The fourth-order valence-electron chi connectivity index (χ4n) is 3.32. The first-order valence-corrected chi connectivity index (χ1v) is 7.74. The summed E-state index contributed by atoms with van der Waals surface area (Å²) < 4.78 is 1.19. The second-order valence-electron chi connectivity index (χ2n) is 5.52. The largest absolute Gasteiger partial charge is 0.393 e. The smallest absolute Gasteiger partial charge is 0.0564 e. The third-order valence-electron chi connectivity index (χ3n) is 4.33. The van der Waals surface area contributed by atoms with E-state index >= 15 is 0 Å². The summed E-state index contributed by atoms with van der Waals surface area (Å²) in [5.41, 5.74) is 3.02. The summed E-state index contributed by atoms with van der Waals surface area (Å²) in [5, 5.41) is 9.63. The summed E-state index contributed by atoms with van der Waals surface area (Å²) >= 11 is 3.59. The number of piperidine rings is 1. The second-order valence-corrected chi connectivity index (χ2v) is 6.43. The van der Waals surface area contributed by atoms with Crippen LogP contribution < -0.4 is 0 Å². The summed E-state index contributed by atoms with van der Waals surface area (Å²) in [4.78, 5) is 2.57. The number of halogens is 1. The highest BCUT2D eigenvalue weighted by atomic mass is 79.9. The zero-order valence-corrected chi connectivity index (χ0v) is 12.2. The normalized spacial score (nSPS) is 26.0. The highest BCUT2D eigenvalue weighted by molar-refractivity contribution is 9.10. The number of hydrogen-bond acceptors (Lipinski definition) is 2. The molecule has 0 spiro atoms. The van der Waals surface area contributed by atoms with Crippen molar-refractivity contribution in [1.29, 1.82) is 0 Å². The Hall–Kier alpha value is -0.380. The molecular formula is C15H20BrNO. The van der Waals surface area contributed by atoms with Gasteiger partial charge in [0.2, 0.25) is 0 Å². The predicted molar refractivity (Wildman–Crippen MR) is 76.6 cm³/mol. The van der Waals surface area contributed by atoms with Gasteiger partial charge in [0, 0.05) is 23.6 Å². The van der Waals surface area contributed by atoms with Gasteiger partial charge < -0.3 is 5.11 Å². The molecule has 1 aromatic carbocycles. The van der Waals surface area contributed by atoms with E-state index in [4.69, 9.17) is 0 Å². The van der Waals surface area contributed by atoms with E-state index in [1.807, 2.05) is 0 Å². The van der Waals surface area contributed by atoms with E-state index in [-0.39, 0.29) is 6.10 Å². The Kier molecular flexibility index (Phi) is 3.73. The van der Waals surface area contributed by atoms with Crippen LogP contribution in [0.15, 0.2) is 22.7 Å². The third kappa shape index (κ3) is 2.49. The lowest BCUT2D eigenvalue weighted by Gasteiger charge is -2.39. The number of aryl methyl sites for hydroxylation is 1. The van der Waals surface area contributed by atoms with Crippen LogP contribution in [0.25, 0.3) is 0 Å². The standard InChI is InChI=1S/C15H20BrNO/c16-12-5-4-11-2-1-3-15(14(11)10-12)17-8-6-13(18)7-9-17/h4-5,10,13,15,18H,1-3,6-9H2. The maximum absolute atomic E-state index is 9.63. The molecule has 1 heterocycles. The van der Waals surface area contributed by atoms with Crippen LogP contribution in [0.2, 0.25) is 0 Å². The van der Waals surface area contributed by atoms with Crippen LogP contribution in [0.5, 0.6) is 0 Å². The van der Waals surface area contributed by atoms with Crippen LogP contribution in [0.4, 0.5) is 0 Å². The summed E-state index contributed by atoms with van der Waals surface area (Å²) in [6.45, 7) is 2.08. The summed E-state index contributed by atoms with van der Waals surface area (Å²) in [6.07, 6.45) is 5.56. The van der Waals surface area contributed by atoms with Crippen molar-refractivity contribution in [3.05, 3.63) is 33.8 Å². The zero-order valence-electron chi connectivity index (χ0n) is 10.6. The fraction of sp³-hybridized carbons (Fsp3) is 0.600. The first-order valence-electron chi connectivity index (χ1n) is 6.94. The predicted octanol–water partition coefficient (Wildman–Crippen LogP) is 3.28. The molecule has 18 heavy (non-hydrogen) atoms. The van der Waals surface area contributed by atoms with Gasteiger partial charge in [-0.05, 0) is 55.4 Å². The molecule has 0 radical (unpaired) electrons. The Morgan fingerprint density at radius 2 is 1.94 bits per heavy atom. The highest BCUT2D eigenvalue weighted by Crippen LogP contribution is 2.37. The molecule has 1 unspecified atom stereocenters. The number of benzene rings is 1. The topological polar surface area (TPSA) is 23.5 Å². The van der Waals surface area contributed by atoms with Gasteiger partial charge in [0.25, 0.3) is 0 Å². The van der Waals surface area contributed by atoms with E-state index in [0.29, 0.717) is 6.04 Å². The minimum atomic E-state index is -0.0770. The van der Waals surface area contributed by atoms with Gasteiger partial charge in [0.05, 0.1) is 6.10 Å². The van der Waals surface area contributed by atoms with Crippen molar-refractivity contribution in [2.45, 2.75) is 44.2 Å². The molecule has 0 bridgehead atoms. The molecule has 0 aromatic heterocycles. The molecule has 0 amide bonds. The molecule has 2 aliphatic rings. The molecule has 3 rings (SSSR count). The van der Waals surface area contributed by atoms with Gasteiger partial charge in [-0.15, -0.1) is 0 Å². The quantitative estimate of drug-likeness (QED) is 0.860. The molecule has 1 aromatic rings. The van der Waals surface area contributed by atoms with Crippen molar-refractivity contribution in [1.82, 2.24) is 4.90 Å². The molecule has 1 saturated heterocycles. The van der Waals surface area contributed by atoms with Crippen LogP contribution in [0.3, 0.4) is 0 Å². The van der Waals surface area contributed by atoms with E-state index in [1.165, 1.54) is 34.9 Å². The van der Waals surface area contributed by atoms with Gasteiger partial charge >= 0.3 is 0 Å². The van der Waals surface area contributed by atoms with Gasteiger partial charge in [-0.1, -0.05) is 22.0 Å². The molecule has 1 N–H and O–H groups in total. The van der Waals surface area contributed by atoms with Crippen molar-refractivity contribution >= 4 is 15.9 Å². The second kappa shape index (κ2) is 5.32. The Labute approximate surface area is 117 Å². The van der Waals surface area contributed by atoms with Crippen molar-refractivity contribution in [3.63, 3.8) is 0 Å². The lowest BCUT2D eigenvalue weighted by molar-refractivity contribution is 0.0558. The van der Waals surface area contributed by atoms with Gasteiger partial charge in [0.15, 0.2) is 0 Å². The van der Waals surface area contributed by atoms with Crippen molar-refractivity contribution in [2.75, 3.05) is 13.1 Å². The van der Waals surface area contributed by atoms with Crippen LogP contribution >= 0.6 is 15.9 Å². The number of rotatable bonds is 1. The number of aliphatic hydroxyl groups is 1. The molecule has 3 heteroatoms. The van der Waals surface area contributed by atoms with E-state index in [0.717, 1.165) is 25.9 Å². The SMILES string of the molecule is OC1CCN(C2CCCc3ccc(Br)cc32)CC1. The summed E-state index contributed by atoms with van der Waals surface area (Å²) in [5.74, 6) is 0. The van der Waals surface area contributed by atoms with E-state index in [9.17, 15) is 5.11 Å². The minimum Gasteiger partial charge on any atom is -0.393 e. The lowest BCUT2D eigenvalue weighted by atomic mass is 9.86. The zero-order chi connectivity index (χ0) is 12.5. The molecule has 2 nitrogen and oxygen atoms in total. The van der Waals surface area contributed by atoms with Crippen molar-refractivity contribution in [3.8, 4) is 0 Å². The van der Waals surface area contributed by atoms with Gasteiger partial charge in [0.1, 0.15) is 0 Å². The average molecular weight is 310 g/mol. The van der Waals surface area contributed by atoms with Gasteiger partial charge in [-0.25, -0.2) is 0 Å². The first kappa shape index (κ1) is 12.6. The Balaban J connectivity index is 1.84. The van der Waals surface area contributed by atoms with E-state index in [2.05, 4.69) is 39.0 Å². The van der Waals surface area contributed by atoms with E-state index < -0.39 is 0 Å². The molecular weight excluding hydrogens is 290 g/mol. The number of fused-ring (bicyclic) bond motifs is 1. The Bertz CT molecular complexity index is 427. The molecule has 98 valence electrons. The lowest BCUT2D eigenvalue weighted by Crippen LogP contribution is -2.39. The maximum atomic E-state index is 9.63. The number of aliphatic hydroxyl groups excluding tert-OH is 1. The Morgan fingerprint density at radius 1 is 1.17 bits per heavy atom. The van der Waals surface area contributed by atoms with Crippen molar-refractivity contribution in [2.24, 2.45) is 0 Å². The Morgan fingerprint density at radius 3 is 2.72 bits per heavy atom. The minimum absolute atomic E-state index is 0.0770. The van der Waals surface area contributed by atoms with Crippen molar-refractivity contribution < 1.29 is 5.11 Å². The number of nitrogens with zero attached hydrogens (tertiary/aromatic N) is 1. The number of likely N-dealkylation sites (tertiary alicyclic amines) is 1. The fourth-order valence-corrected chi connectivity index (χ4v) is 3.70. The van der Waals surface area contributed by atoms with Crippen LogP contribution in [0.1, 0.15) is 42.9 Å². The average Bonchev–Trinajstić information content (AvgIpc) is 2.39. The van der Waals surface area contributed by atoms with E-state index in [1.54, 1.807) is 0 Å². The number of hydrogen-bond donors (Lipinski definition) is 1. The summed E-state index contributed by atoms with van der Waals surface area (Å²) in [7, 11) is 0. The molecule has 1 atom stereocenters. The van der Waals surface area contributed by atoms with Crippen LogP contribution in [0, 0.1) is 0 Å². The molecule has 0 saturated carbocycles. The van der Waals surface area contributed by atoms with Crippen LogP contribution in [-0.4, -0.2) is 29.2 Å². The highest BCUT2D eigenvalue weighted by Gasteiger charge is 2.28.